The summed E-state index contributed by atoms with van der Waals surface area (Å²) in [7, 11) is 1.82. The van der Waals surface area contributed by atoms with Gasteiger partial charge in [-0.15, -0.1) is 10.2 Å². The molecule has 22 heavy (non-hydrogen) atoms. The topological polar surface area (TPSA) is 86.1 Å². The van der Waals surface area contributed by atoms with Crippen LogP contribution in [0.5, 0.6) is 5.75 Å². The fourth-order valence-electron chi connectivity index (χ4n) is 2.06. The Hall–Kier alpha value is -2.35. The second-order valence-corrected chi connectivity index (χ2v) is 6.20. The van der Waals surface area contributed by atoms with Gasteiger partial charge in [-0.3, -0.25) is 9.59 Å². The molecule has 0 fully saturated rings. The van der Waals surface area contributed by atoms with Crippen molar-refractivity contribution in [2.24, 2.45) is 7.05 Å². The number of rotatable bonds is 4. The molecule has 1 aliphatic rings. The van der Waals surface area contributed by atoms with Gasteiger partial charge in [-0.05, 0) is 25.1 Å². The van der Waals surface area contributed by atoms with Crippen molar-refractivity contribution in [2.75, 3.05) is 11.9 Å². The minimum Gasteiger partial charge on any atom is -0.482 e. The first-order chi connectivity index (χ1) is 10.5. The van der Waals surface area contributed by atoms with Gasteiger partial charge in [-0.2, -0.15) is 0 Å². The van der Waals surface area contributed by atoms with Gasteiger partial charge in [0, 0.05) is 12.6 Å². The molecule has 1 amide bonds. The van der Waals surface area contributed by atoms with Crippen LogP contribution in [0.1, 0.15) is 17.3 Å². The zero-order valence-electron chi connectivity index (χ0n) is 12.1. The molecule has 7 nitrogen and oxygen atoms in total. The second kappa shape index (κ2) is 5.80. The third kappa shape index (κ3) is 2.82. The Labute approximate surface area is 131 Å². The number of hydrogen-bond donors (Lipinski definition) is 1. The zero-order valence-corrected chi connectivity index (χ0v) is 12.9. The lowest BCUT2D eigenvalue weighted by molar-refractivity contribution is -0.118. The molecule has 2 heterocycles. The van der Waals surface area contributed by atoms with Gasteiger partial charge in [0.1, 0.15) is 12.1 Å². The monoisotopic (exact) mass is 318 g/mol. The number of anilines is 1. The molecule has 1 unspecified atom stereocenters. The van der Waals surface area contributed by atoms with Crippen molar-refractivity contribution >= 4 is 29.1 Å². The van der Waals surface area contributed by atoms with Crippen LogP contribution in [0.25, 0.3) is 0 Å². The van der Waals surface area contributed by atoms with Gasteiger partial charge in [0.15, 0.2) is 17.5 Å². The maximum absolute atomic E-state index is 12.5. The van der Waals surface area contributed by atoms with Crippen LogP contribution in [0.15, 0.2) is 29.7 Å². The lowest BCUT2D eigenvalue weighted by Crippen LogP contribution is -2.25. The molecule has 1 atom stereocenters. The van der Waals surface area contributed by atoms with E-state index in [1.54, 1.807) is 29.1 Å². The first-order valence-electron chi connectivity index (χ1n) is 6.66. The number of carbonyl (C=O) groups is 2. The van der Waals surface area contributed by atoms with Crippen LogP contribution in [-0.2, 0) is 11.8 Å². The quantitative estimate of drug-likeness (QED) is 0.679. The smallest absolute Gasteiger partial charge is 0.262 e. The maximum Gasteiger partial charge on any atom is 0.262 e. The second-order valence-electron chi connectivity index (χ2n) is 4.90. The first-order valence-corrected chi connectivity index (χ1v) is 7.54. The molecule has 8 heteroatoms. The van der Waals surface area contributed by atoms with Crippen LogP contribution < -0.4 is 10.1 Å². The van der Waals surface area contributed by atoms with Gasteiger partial charge >= 0.3 is 0 Å². The molecule has 0 saturated carbocycles. The fraction of sp³-hybridized carbons (Fsp3) is 0.286. The number of carbonyl (C=O) groups excluding carboxylic acids is 2. The van der Waals surface area contributed by atoms with Crippen molar-refractivity contribution in [2.45, 2.75) is 17.3 Å². The zero-order chi connectivity index (χ0) is 15.7. The van der Waals surface area contributed by atoms with E-state index in [1.165, 1.54) is 11.8 Å². The molecule has 3 rings (SSSR count). The Balaban J connectivity index is 1.78. The summed E-state index contributed by atoms with van der Waals surface area (Å²) >= 11 is 1.34. The summed E-state index contributed by atoms with van der Waals surface area (Å²) in [5.74, 6) is 0.305. The number of nitrogens with one attached hydrogen (secondary N) is 1. The van der Waals surface area contributed by atoms with E-state index in [-0.39, 0.29) is 23.5 Å². The highest BCUT2D eigenvalue weighted by molar-refractivity contribution is 8.00. The highest BCUT2D eigenvalue weighted by Crippen LogP contribution is 2.30. The number of aromatic nitrogens is 3. The summed E-state index contributed by atoms with van der Waals surface area (Å²) in [5, 5.41) is 10.8. The number of benzene rings is 1. The van der Waals surface area contributed by atoms with E-state index >= 15 is 0 Å². The molecule has 2 aromatic rings. The predicted molar refractivity (Wildman–Crippen MR) is 81.2 cm³/mol. The molecule has 1 N–H and O–H groups in total. The van der Waals surface area contributed by atoms with Crippen molar-refractivity contribution in [3.05, 3.63) is 30.1 Å². The summed E-state index contributed by atoms with van der Waals surface area (Å²) in [6, 6.07) is 5.04. The summed E-state index contributed by atoms with van der Waals surface area (Å²) in [6.07, 6.45) is 1.59. The molecule has 0 bridgehead atoms. The van der Waals surface area contributed by atoms with Crippen LogP contribution in [0.2, 0.25) is 0 Å². The van der Waals surface area contributed by atoms with Crippen LogP contribution in [-0.4, -0.2) is 38.3 Å². The van der Waals surface area contributed by atoms with Crippen molar-refractivity contribution in [3.63, 3.8) is 0 Å². The Morgan fingerprint density at radius 1 is 1.50 bits per heavy atom. The van der Waals surface area contributed by atoms with Crippen molar-refractivity contribution in [3.8, 4) is 5.75 Å². The number of fused-ring (bicyclic) bond motifs is 1. The minimum atomic E-state index is -0.318. The number of amides is 1. The molecule has 1 aromatic heterocycles. The van der Waals surface area contributed by atoms with Gasteiger partial charge in [-0.25, -0.2) is 0 Å². The molecule has 1 aromatic carbocycles. The number of thioether (sulfide) groups is 1. The van der Waals surface area contributed by atoms with E-state index in [4.69, 9.17) is 4.74 Å². The number of ether oxygens (including phenoxy) is 1. The third-order valence-electron chi connectivity index (χ3n) is 3.22. The van der Waals surface area contributed by atoms with Crippen molar-refractivity contribution in [1.82, 2.24) is 14.8 Å². The van der Waals surface area contributed by atoms with Gasteiger partial charge in [0.25, 0.3) is 5.91 Å². The van der Waals surface area contributed by atoms with Crippen LogP contribution in [0.3, 0.4) is 0 Å². The Kier molecular flexibility index (Phi) is 3.84. The summed E-state index contributed by atoms with van der Waals surface area (Å²) in [5.41, 5.74) is 1.05. The third-order valence-corrected chi connectivity index (χ3v) is 4.37. The largest absolute Gasteiger partial charge is 0.482 e. The average Bonchev–Trinajstić information content (AvgIpc) is 2.90. The number of hydrogen-bond acceptors (Lipinski definition) is 6. The van der Waals surface area contributed by atoms with Gasteiger partial charge in [-0.1, -0.05) is 11.8 Å². The van der Waals surface area contributed by atoms with E-state index < -0.39 is 0 Å². The van der Waals surface area contributed by atoms with Crippen LogP contribution in [0.4, 0.5) is 5.69 Å². The van der Waals surface area contributed by atoms with E-state index in [9.17, 15) is 9.59 Å². The van der Waals surface area contributed by atoms with E-state index in [1.807, 2.05) is 14.0 Å². The minimum absolute atomic E-state index is 0.00128. The van der Waals surface area contributed by atoms with E-state index in [0.29, 0.717) is 22.2 Å². The Morgan fingerprint density at radius 3 is 3.05 bits per heavy atom. The fourth-order valence-corrected chi connectivity index (χ4v) is 2.93. The van der Waals surface area contributed by atoms with Crippen molar-refractivity contribution in [1.29, 1.82) is 0 Å². The van der Waals surface area contributed by atoms with Crippen LogP contribution in [0, 0.1) is 0 Å². The molecular weight excluding hydrogens is 304 g/mol. The standard InChI is InChI=1S/C14H14N4O3S/c1-8(22-14-17-15-7-18(14)2)13(20)9-3-4-11-10(5-9)16-12(19)6-21-11/h3-5,7-8H,6H2,1-2H3,(H,16,19). The lowest BCUT2D eigenvalue weighted by atomic mass is 10.1. The number of aryl methyl sites for hydroxylation is 1. The van der Waals surface area contributed by atoms with Crippen molar-refractivity contribution < 1.29 is 14.3 Å². The molecule has 1 aliphatic heterocycles. The number of Topliss-reactive ketones (excluding diaryl/α,β-unsaturated/α-hetero) is 1. The SMILES string of the molecule is CC(Sc1nncn1C)C(=O)c1ccc2c(c1)NC(=O)CO2. The summed E-state index contributed by atoms with van der Waals surface area (Å²) < 4.78 is 7.04. The van der Waals surface area contributed by atoms with Crippen LogP contribution >= 0.6 is 11.8 Å². The molecule has 0 spiro atoms. The molecule has 0 aliphatic carbocycles. The summed E-state index contributed by atoms with van der Waals surface area (Å²) in [4.78, 5) is 23.9. The Bertz CT molecular complexity index is 743. The highest BCUT2D eigenvalue weighted by atomic mass is 32.2. The normalized spacial score (nSPS) is 14.7. The lowest BCUT2D eigenvalue weighted by Gasteiger charge is -2.18. The van der Waals surface area contributed by atoms with Gasteiger partial charge in [0.2, 0.25) is 0 Å². The first kappa shape index (κ1) is 14.6. The van der Waals surface area contributed by atoms with Gasteiger partial charge in [0.05, 0.1) is 10.9 Å². The number of ketones is 1. The maximum atomic E-state index is 12.5. The molecular formula is C14H14N4O3S. The molecule has 0 saturated heterocycles. The molecule has 0 radical (unpaired) electrons. The predicted octanol–water partition coefficient (Wildman–Crippen LogP) is 1.51. The van der Waals surface area contributed by atoms with Gasteiger partial charge < -0.3 is 14.6 Å². The molecule has 114 valence electrons. The van der Waals surface area contributed by atoms with E-state index in [0.717, 1.165) is 0 Å². The average molecular weight is 318 g/mol. The highest BCUT2D eigenvalue weighted by Gasteiger charge is 2.22. The number of nitrogens with zero attached hydrogens (tertiary/aromatic N) is 3. The summed E-state index contributed by atoms with van der Waals surface area (Å²) in [6.45, 7) is 1.81. The Morgan fingerprint density at radius 2 is 2.32 bits per heavy atom. The van der Waals surface area contributed by atoms with E-state index in [2.05, 4.69) is 15.5 Å².